The zero-order chi connectivity index (χ0) is 65.2. The molecule has 0 aliphatic carbocycles. The summed E-state index contributed by atoms with van der Waals surface area (Å²) in [5, 5.41) is 0. The van der Waals surface area contributed by atoms with Crippen molar-refractivity contribution in [3.63, 3.8) is 0 Å². The maximum Gasteiger partial charge on any atom is 0.150 e. The lowest BCUT2D eigenvalue weighted by Gasteiger charge is -2.25. The van der Waals surface area contributed by atoms with Crippen LogP contribution in [0.25, 0.3) is 72.9 Å². The molecule has 88 heavy (non-hydrogen) atoms. The Labute approximate surface area is 534 Å². The van der Waals surface area contributed by atoms with E-state index in [0.29, 0.717) is 5.56 Å². The number of benzene rings is 7. The smallest absolute Gasteiger partial charge is 0.150 e. The van der Waals surface area contributed by atoms with Gasteiger partial charge in [-0.2, -0.15) is 0 Å². The Bertz CT molecular complexity index is 3260. The van der Waals surface area contributed by atoms with E-state index in [1.807, 2.05) is 12.1 Å². The Hall–Kier alpha value is -7.35. The molecule has 0 saturated heterocycles. The third kappa shape index (κ3) is 19.3. The van der Waals surface area contributed by atoms with Crippen LogP contribution in [0.15, 0.2) is 127 Å². The minimum atomic E-state index is 0.0124. The quantitative estimate of drug-likeness (QED) is 0.0831. The van der Waals surface area contributed by atoms with Gasteiger partial charge in [0.25, 0.3) is 0 Å². The molecule has 0 bridgehead atoms. The van der Waals surface area contributed by atoms with E-state index in [0.717, 1.165) is 50.8 Å². The zero-order valence-corrected chi connectivity index (χ0v) is 58.5. The summed E-state index contributed by atoms with van der Waals surface area (Å²) >= 11 is 0. The SMILES string of the molecule is CC(C)(C)c1cc(C=Cc2cc(C=Cc3cc(C=O)cc(C=Cc4cc(C=Cc5cc(C(C)(C)C)cc(C(C)(C)C)c5)cc(C=Cc5cc(C(C)(C)C)cc(C(C)(C)C)c5)c4)c3)cc(C=Cc3cc(C(C)(C)C)cc(C(C)(C)C)c3)c2)cc(C(C)(C)C)c1. The average molecular weight is 1170 g/mol. The number of carbonyl (C=O) groups is 1. The molecule has 7 rings (SSSR count). The van der Waals surface area contributed by atoms with E-state index in [1.54, 1.807) is 0 Å². The molecule has 0 spiro atoms. The van der Waals surface area contributed by atoms with Gasteiger partial charge in [0.05, 0.1) is 0 Å². The van der Waals surface area contributed by atoms with E-state index in [4.69, 9.17) is 0 Å². The summed E-state index contributed by atoms with van der Waals surface area (Å²) in [7, 11) is 0. The van der Waals surface area contributed by atoms with Crippen molar-refractivity contribution in [2.24, 2.45) is 0 Å². The largest absolute Gasteiger partial charge is 0.298 e. The second-order valence-electron chi connectivity index (χ2n) is 33.3. The highest BCUT2D eigenvalue weighted by Crippen LogP contribution is 2.36. The normalized spacial score (nSPS) is 13.7. The highest BCUT2D eigenvalue weighted by Gasteiger charge is 2.24. The van der Waals surface area contributed by atoms with Gasteiger partial charge in [-0.05, 0) is 209 Å². The van der Waals surface area contributed by atoms with Crippen LogP contribution in [0.2, 0.25) is 0 Å². The Morgan fingerprint density at radius 3 is 0.364 bits per heavy atom. The minimum absolute atomic E-state index is 0.0124. The van der Waals surface area contributed by atoms with Crippen LogP contribution in [0, 0.1) is 0 Å². The molecular weight excluding hydrogens is 1060 g/mol. The van der Waals surface area contributed by atoms with Gasteiger partial charge in [-0.3, -0.25) is 4.79 Å². The van der Waals surface area contributed by atoms with Crippen molar-refractivity contribution in [2.75, 3.05) is 0 Å². The minimum Gasteiger partial charge on any atom is -0.298 e. The predicted octanol–water partition coefficient (Wildman–Crippen LogP) is 24.9. The predicted molar refractivity (Wildman–Crippen MR) is 394 cm³/mol. The molecule has 0 atom stereocenters. The van der Waals surface area contributed by atoms with Crippen molar-refractivity contribution >= 4 is 79.2 Å². The van der Waals surface area contributed by atoms with E-state index in [2.05, 4.69) is 354 Å². The molecule has 0 heterocycles. The highest BCUT2D eigenvalue weighted by atomic mass is 16.1. The van der Waals surface area contributed by atoms with E-state index in [-0.39, 0.29) is 43.3 Å². The van der Waals surface area contributed by atoms with Gasteiger partial charge >= 0.3 is 0 Å². The summed E-state index contributed by atoms with van der Waals surface area (Å²) in [4.78, 5) is 12.7. The van der Waals surface area contributed by atoms with Gasteiger partial charge in [0.1, 0.15) is 6.29 Å². The van der Waals surface area contributed by atoms with Gasteiger partial charge in [0, 0.05) is 5.56 Å². The number of hydrogen-bond donors (Lipinski definition) is 0. The van der Waals surface area contributed by atoms with Crippen molar-refractivity contribution in [3.8, 4) is 0 Å². The molecule has 0 aliphatic heterocycles. The lowest BCUT2D eigenvalue weighted by atomic mass is 9.79. The summed E-state index contributed by atoms with van der Waals surface area (Å²) in [6.45, 7) is 55.0. The van der Waals surface area contributed by atoms with Crippen LogP contribution in [0.3, 0.4) is 0 Å². The second kappa shape index (κ2) is 26.0. The molecule has 0 amide bonds. The van der Waals surface area contributed by atoms with E-state index in [1.165, 1.54) is 66.8 Å². The maximum absolute atomic E-state index is 12.7. The fourth-order valence-corrected chi connectivity index (χ4v) is 10.6. The lowest BCUT2D eigenvalue weighted by molar-refractivity contribution is 0.112. The van der Waals surface area contributed by atoms with E-state index < -0.39 is 0 Å². The van der Waals surface area contributed by atoms with Crippen molar-refractivity contribution in [2.45, 2.75) is 209 Å². The Kier molecular flexibility index (Phi) is 20.1. The second-order valence-corrected chi connectivity index (χ2v) is 33.3. The molecule has 0 aromatic heterocycles. The molecule has 0 fully saturated rings. The van der Waals surface area contributed by atoms with Crippen LogP contribution in [-0.2, 0) is 43.3 Å². The first-order valence-electron chi connectivity index (χ1n) is 32.1. The summed E-state index contributed by atoms with van der Waals surface area (Å²) in [5.41, 5.74) is 24.6. The van der Waals surface area contributed by atoms with Crippen molar-refractivity contribution in [3.05, 3.63) is 244 Å². The molecule has 460 valence electrons. The van der Waals surface area contributed by atoms with Crippen molar-refractivity contribution in [1.82, 2.24) is 0 Å². The third-order valence-corrected chi connectivity index (χ3v) is 16.7. The zero-order valence-electron chi connectivity index (χ0n) is 58.5. The molecule has 1 nitrogen and oxygen atoms in total. The van der Waals surface area contributed by atoms with E-state index >= 15 is 0 Å². The third-order valence-electron chi connectivity index (χ3n) is 16.7. The molecule has 0 radical (unpaired) electrons. The van der Waals surface area contributed by atoms with Gasteiger partial charge in [-0.25, -0.2) is 0 Å². The first kappa shape index (κ1) is 68.1. The number of rotatable bonds is 13. The van der Waals surface area contributed by atoms with Gasteiger partial charge in [-0.1, -0.05) is 312 Å². The van der Waals surface area contributed by atoms with Gasteiger partial charge in [0.15, 0.2) is 0 Å². The highest BCUT2D eigenvalue weighted by molar-refractivity contribution is 5.85. The molecule has 0 N–H and O–H groups in total. The Morgan fingerprint density at radius 1 is 0.159 bits per heavy atom. The monoisotopic (exact) mass is 1170 g/mol. The summed E-state index contributed by atoms with van der Waals surface area (Å²) in [6.07, 6.45) is 27.7. The summed E-state index contributed by atoms with van der Waals surface area (Å²) in [6, 6.07) is 48.0. The van der Waals surface area contributed by atoms with Crippen LogP contribution in [0.5, 0.6) is 0 Å². The first-order chi connectivity index (χ1) is 40.5. The van der Waals surface area contributed by atoms with Crippen LogP contribution >= 0.6 is 0 Å². The summed E-state index contributed by atoms with van der Waals surface area (Å²) < 4.78 is 0. The first-order valence-corrected chi connectivity index (χ1v) is 32.1. The fraction of sp³-hybridized carbons (Fsp3) is 0.368. The van der Waals surface area contributed by atoms with Crippen LogP contribution in [0.4, 0.5) is 0 Å². The van der Waals surface area contributed by atoms with Gasteiger partial charge in [0.2, 0.25) is 0 Å². The number of hydrogen-bond acceptors (Lipinski definition) is 1. The number of aldehydes is 1. The van der Waals surface area contributed by atoms with E-state index in [9.17, 15) is 4.79 Å². The van der Waals surface area contributed by atoms with Crippen molar-refractivity contribution in [1.29, 1.82) is 0 Å². The molecule has 7 aromatic carbocycles. The molecule has 0 saturated carbocycles. The molecular formula is C87H106O. The van der Waals surface area contributed by atoms with Crippen LogP contribution in [0.1, 0.15) is 288 Å². The van der Waals surface area contributed by atoms with Crippen LogP contribution in [-0.4, -0.2) is 6.29 Å². The van der Waals surface area contributed by atoms with Crippen LogP contribution < -0.4 is 0 Å². The average Bonchev–Trinajstić information content (AvgIpc) is 2.00. The fourth-order valence-electron chi connectivity index (χ4n) is 10.6. The summed E-state index contributed by atoms with van der Waals surface area (Å²) in [5.74, 6) is 0. The maximum atomic E-state index is 12.7. The molecule has 7 aromatic rings. The van der Waals surface area contributed by atoms with Crippen molar-refractivity contribution < 1.29 is 4.79 Å². The lowest BCUT2D eigenvalue weighted by Crippen LogP contribution is -2.16. The number of carbonyl (C=O) groups excluding carboxylic acids is 1. The molecule has 1 heteroatoms. The Balaban J connectivity index is 1.31. The standard InChI is InChI=1S/C87H106O/c1-80(2,3)72-46-67(47-73(54-72)81(4,5)6)33-29-61-37-59(38-62(41-61)30-34-68-48-74(82(7,8)9)55-75(49-68)83(10,11)12)25-27-65-43-66(45-71(44-65)58-88)28-26-60-39-63(31-35-69-50-76(84(13,14)15)56-77(51-69)85(16,17)18)42-64(40-60)32-36-70-52-78(86(19,20)21)57-79(53-70)87(22,23)24/h25-58H,1-24H3. The molecule has 0 unspecified atom stereocenters. The molecule has 0 aliphatic rings. The Morgan fingerprint density at radius 2 is 0.261 bits per heavy atom. The van der Waals surface area contributed by atoms with Gasteiger partial charge in [-0.15, -0.1) is 0 Å². The topological polar surface area (TPSA) is 17.1 Å². The van der Waals surface area contributed by atoms with Gasteiger partial charge < -0.3 is 0 Å².